The maximum Gasteiger partial charge on any atom is 0.117 e. The predicted octanol–water partition coefficient (Wildman–Crippen LogP) is 1.22. The van der Waals surface area contributed by atoms with Crippen molar-refractivity contribution in [1.29, 1.82) is 0 Å². The Morgan fingerprint density at radius 2 is 2.24 bits per heavy atom. The standard InChI is InChI=1S/C13H22N2O2/c16-12-4-8-15(9-5-12)7-2-6-14-11-13-3-1-10-17-13/h1,3,10,12,14,16H,2,4-9,11H2. The van der Waals surface area contributed by atoms with E-state index in [1.54, 1.807) is 6.26 Å². The molecule has 4 nitrogen and oxygen atoms in total. The van der Waals surface area contributed by atoms with Gasteiger partial charge >= 0.3 is 0 Å². The molecule has 0 bridgehead atoms. The summed E-state index contributed by atoms with van der Waals surface area (Å²) in [7, 11) is 0. The summed E-state index contributed by atoms with van der Waals surface area (Å²) in [5.74, 6) is 0.992. The lowest BCUT2D eigenvalue weighted by molar-refractivity contribution is 0.0821. The van der Waals surface area contributed by atoms with E-state index in [-0.39, 0.29) is 6.10 Å². The van der Waals surface area contributed by atoms with Gasteiger partial charge in [0.2, 0.25) is 0 Å². The average molecular weight is 238 g/mol. The highest BCUT2D eigenvalue weighted by molar-refractivity contribution is 4.97. The van der Waals surface area contributed by atoms with Crippen LogP contribution in [0.5, 0.6) is 0 Å². The molecule has 1 aromatic heterocycles. The van der Waals surface area contributed by atoms with Crippen LogP contribution in [0.4, 0.5) is 0 Å². The maximum atomic E-state index is 9.39. The fourth-order valence-corrected chi connectivity index (χ4v) is 2.20. The minimum Gasteiger partial charge on any atom is -0.468 e. The van der Waals surface area contributed by atoms with Crippen LogP contribution in [-0.2, 0) is 6.54 Å². The lowest BCUT2D eigenvalue weighted by Crippen LogP contribution is -2.37. The first kappa shape index (κ1) is 12.6. The molecule has 1 aromatic rings. The number of nitrogens with one attached hydrogen (secondary N) is 1. The molecule has 96 valence electrons. The van der Waals surface area contributed by atoms with E-state index in [0.29, 0.717) is 0 Å². The van der Waals surface area contributed by atoms with Crippen LogP contribution in [0.1, 0.15) is 25.0 Å². The molecule has 4 heteroatoms. The van der Waals surface area contributed by atoms with Gasteiger partial charge in [-0.15, -0.1) is 0 Å². The van der Waals surface area contributed by atoms with E-state index in [0.717, 1.165) is 57.7 Å². The zero-order valence-electron chi connectivity index (χ0n) is 10.3. The molecule has 1 fully saturated rings. The van der Waals surface area contributed by atoms with E-state index in [2.05, 4.69) is 10.2 Å². The fourth-order valence-electron chi connectivity index (χ4n) is 2.20. The molecular formula is C13H22N2O2. The quantitative estimate of drug-likeness (QED) is 0.732. The minimum atomic E-state index is -0.0664. The summed E-state index contributed by atoms with van der Waals surface area (Å²) in [5, 5.41) is 12.8. The molecule has 0 saturated carbocycles. The van der Waals surface area contributed by atoms with Gasteiger partial charge in [-0.05, 0) is 44.5 Å². The van der Waals surface area contributed by atoms with Crippen molar-refractivity contribution in [1.82, 2.24) is 10.2 Å². The summed E-state index contributed by atoms with van der Waals surface area (Å²) in [6.45, 7) is 5.03. The fraction of sp³-hybridized carbons (Fsp3) is 0.692. The third-order valence-corrected chi connectivity index (χ3v) is 3.26. The second-order valence-corrected chi connectivity index (χ2v) is 4.68. The number of piperidine rings is 1. The number of likely N-dealkylation sites (tertiary alicyclic amines) is 1. The van der Waals surface area contributed by atoms with Crippen LogP contribution in [0.2, 0.25) is 0 Å². The van der Waals surface area contributed by atoms with E-state index < -0.39 is 0 Å². The first-order valence-corrected chi connectivity index (χ1v) is 6.48. The summed E-state index contributed by atoms with van der Waals surface area (Å²) in [4.78, 5) is 2.43. The van der Waals surface area contributed by atoms with E-state index in [1.165, 1.54) is 0 Å². The lowest BCUT2D eigenvalue weighted by Gasteiger charge is -2.29. The third-order valence-electron chi connectivity index (χ3n) is 3.26. The normalized spacial score (nSPS) is 18.6. The summed E-state index contributed by atoms with van der Waals surface area (Å²) in [6.07, 6.45) is 4.65. The van der Waals surface area contributed by atoms with Crippen LogP contribution in [0.3, 0.4) is 0 Å². The van der Waals surface area contributed by atoms with Crippen molar-refractivity contribution in [2.24, 2.45) is 0 Å². The second-order valence-electron chi connectivity index (χ2n) is 4.68. The van der Waals surface area contributed by atoms with Gasteiger partial charge in [0, 0.05) is 13.1 Å². The molecule has 2 N–H and O–H groups in total. The zero-order chi connectivity index (χ0) is 11.9. The molecule has 2 rings (SSSR count). The molecule has 17 heavy (non-hydrogen) atoms. The highest BCUT2D eigenvalue weighted by Crippen LogP contribution is 2.09. The molecule has 1 aliphatic rings. The molecule has 1 aliphatic heterocycles. The van der Waals surface area contributed by atoms with Crippen molar-refractivity contribution in [3.05, 3.63) is 24.2 Å². The Morgan fingerprint density at radius 1 is 1.41 bits per heavy atom. The summed E-state index contributed by atoms with van der Waals surface area (Å²) in [6, 6.07) is 3.90. The van der Waals surface area contributed by atoms with Crippen LogP contribution >= 0.6 is 0 Å². The highest BCUT2D eigenvalue weighted by atomic mass is 16.3. The molecule has 2 heterocycles. The Bertz CT molecular complexity index is 292. The second kappa shape index (κ2) is 6.79. The molecule has 0 aliphatic carbocycles. The topological polar surface area (TPSA) is 48.6 Å². The number of rotatable bonds is 6. The van der Waals surface area contributed by atoms with Gasteiger partial charge in [0.25, 0.3) is 0 Å². The van der Waals surface area contributed by atoms with Gasteiger partial charge in [-0.1, -0.05) is 0 Å². The number of hydrogen-bond donors (Lipinski definition) is 2. The molecule has 0 unspecified atom stereocenters. The van der Waals surface area contributed by atoms with Gasteiger partial charge in [0.05, 0.1) is 18.9 Å². The van der Waals surface area contributed by atoms with Crippen LogP contribution in [0.25, 0.3) is 0 Å². The van der Waals surface area contributed by atoms with Crippen molar-refractivity contribution in [2.45, 2.75) is 31.9 Å². The Labute approximate surface area is 103 Å². The van der Waals surface area contributed by atoms with Gasteiger partial charge in [-0.3, -0.25) is 0 Å². The molecule has 0 atom stereocenters. The first-order valence-electron chi connectivity index (χ1n) is 6.48. The van der Waals surface area contributed by atoms with Crippen LogP contribution in [0.15, 0.2) is 22.8 Å². The highest BCUT2D eigenvalue weighted by Gasteiger charge is 2.15. The van der Waals surface area contributed by atoms with E-state index in [9.17, 15) is 5.11 Å². The Morgan fingerprint density at radius 3 is 2.94 bits per heavy atom. The maximum absolute atomic E-state index is 9.39. The van der Waals surface area contributed by atoms with E-state index >= 15 is 0 Å². The molecule has 0 amide bonds. The largest absolute Gasteiger partial charge is 0.468 e. The van der Waals surface area contributed by atoms with Crippen LogP contribution in [0, 0.1) is 0 Å². The molecular weight excluding hydrogens is 216 g/mol. The van der Waals surface area contributed by atoms with Gasteiger partial charge in [0.15, 0.2) is 0 Å². The van der Waals surface area contributed by atoms with Crippen LogP contribution in [-0.4, -0.2) is 42.3 Å². The monoisotopic (exact) mass is 238 g/mol. The van der Waals surface area contributed by atoms with Gasteiger partial charge < -0.3 is 19.7 Å². The molecule has 0 aromatic carbocycles. The van der Waals surface area contributed by atoms with E-state index in [1.807, 2.05) is 12.1 Å². The molecule has 1 saturated heterocycles. The van der Waals surface area contributed by atoms with Crippen molar-refractivity contribution in [3.8, 4) is 0 Å². The number of hydrogen-bond acceptors (Lipinski definition) is 4. The summed E-state index contributed by atoms with van der Waals surface area (Å²) >= 11 is 0. The van der Waals surface area contributed by atoms with Crippen LogP contribution < -0.4 is 5.32 Å². The number of aliphatic hydroxyl groups excluding tert-OH is 1. The lowest BCUT2D eigenvalue weighted by atomic mass is 10.1. The van der Waals surface area contributed by atoms with Crippen molar-refractivity contribution < 1.29 is 9.52 Å². The van der Waals surface area contributed by atoms with Crippen molar-refractivity contribution >= 4 is 0 Å². The van der Waals surface area contributed by atoms with Crippen molar-refractivity contribution in [3.63, 3.8) is 0 Å². The van der Waals surface area contributed by atoms with Gasteiger partial charge in [0.1, 0.15) is 5.76 Å². The average Bonchev–Trinajstić information content (AvgIpc) is 2.84. The third kappa shape index (κ3) is 4.50. The van der Waals surface area contributed by atoms with Gasteiger partial charge in [-0.25, -0.2) is 0 Å². The zero-order valence-corrected chi connectivity index (χ0v) is 10.3. The first-order chi connectivity index (χ1) is 8.34. The number of furan rings is 1. The summed E-state index contributed by atoms with van der Waals surface area (Å²) in [5.41, 5.74) is 0. The summed E-state index contributed by atoms with van der Waals surface area (Å²) < 4.78 is 5.24. The SMILES string of the molecule is OC1CCN(CCCNCc2ccco2)CC1. The van der Waals surface area contributed by atoms with Crippen molar-refractivity contribution in [2.75, 3.05) is 26.2 Å². The Hall–Kier alpha value is -0.840. The molecule has 0 radical (unpaired) electrons. The molecule has 0 spiro atoms. The number of nitrogens with zero attached hydrogens (tertiary/aromatic N) is 1. The van der Waals surface area contributed by atoms with Gasteiger partial charge in [-0.2, -0.15) is 0 Å². The predicted molar refractivity (Wildman–Crippen MR) is 66.7 cm³/mol. The Balaban J connectivity index is 1.49. The smallest absolute Gasteiger partial charge is 0.117 e. The number of aliphatic hydroxyl groups is 1. The minimum absolute atomic E-state index is 0.0664. The van der Waals surface area contributed by atoms with E-state index in [4.69, 9.17) is 4.42 Å². The Kier molecular flexibility index (Phi) is 5.04.